The van der Waals surface area contributed by atoms with Gasteiger partial charge in [-0.15, -0.1) is 0 Å². The van der Waals surface area contributed by atoms with Gasteiger partial charge < -0.3 is 20.5 Å². The molecule has 7 nitrogen and oxygen atoms in total. The van der Waals surface area contributed by atoms with Crippen LogP contribution in [0.3, 0.4) is 0 Å². The number of carbonyl (C=O) groups is 2. The van der Waals surface area contributed by atoms with Crippen molar-refractivity contribution in [3.63, 3.8) is 0 Å². The molecule has 0 bridgehead atoms. The van der Waals surface area contributed by atoms with E-state index in [1.54, 1.807) is 24.4 Å². The molecule has 144 valence electrons. The summed E-state index contributed by atoms with van der Waals surface area (Å²) < 4.78 is 11.6. The third kappa shape index (κ3) is 4.30. The summed E-state index contributed by atoms with van der Waals surface area (Å²) in [7, 11) is 0. The lowest BCUT2D eigenvalue weighted by Gasteiger charge is -2.16. The maximum atomic E-state index is 11.8. The van der Waals surface area contributed by atoms with E-state index in [-0.39, 0.29) is 24.0 Å². The molecule has 1 aliphatic heterocycles. The number of hydrogen-bond donors (Lipinski definition) is 2. The number of pyridine rings is 1. The van der Waals surface area contributed by atoms with Crippen LogP contribution in [-0.2, 0) is 4.79 Å². The highest BCUT2D eigenvalue weighted by Crippen LogP contribution is 2.31. The minimum absolute atomic E-state index is 0.0497. The Morgan fingerprint density at radius 3 is 2.81 bits per heavy atom. The Hall–Kier alpha value is -2.83. The maximum absolute atomic E-state index is 11.8. The van der Waals surface area contributed by atoms with Gasteiger partial charge in [0, 0.05) is 30.0 Å². The molecule has 3 rings (SSSR count). The molecular formula is C20H25N3O4. The Morgan fingerprint density at radius 1 is 1.41 bits per heavy atom. The number of primary amides is 1. The fourth-order valence-corrected chi connectivity index (χ4v) is 3.26. The van der Waals surface area contributed by atoms with Gasteiger partial charge >= 0.3 is 0 Å². The molecule has 1 aromatic heterocycles. The molecule has 1 saturated heterocycles. The van der Waals surface area contributed by atoms with Crippen LogP contribution in [0.5, 0.6) is 11.6 Å². The van der Waals surface area contributed by atoms with Crippen LogP contribution in [0, 0.1) is 5.92 Å². The first kappa shape index (κ1) is 18.9. The zero-order chi connectivity index (χ0) is 19.6. The Kier molecular flexibility index (Phi) is 5.48. The summed E-state index contributed by atoms with van der Waals surface area (Å²) in [5.74, 6) is 0.485. The van der Waals surface area contributed by atoms with Crippen LogP contribution >= 0.6 is 0 Å². The predicted octanol–water partition coefficient (Wildman–Crippen LogP) is 2.41. The highest BCUT2D eigenvalue weighted by Gasteiger charge is 2.28. The van der Waals surface area contributed by atoms with E-state index >= 15 is 0 Å². The highest BCUT2D eigenvalue weighted by atomic mass is 16.5. The van der Waals surface area contributed by atoms with E-state index in [9.17, 15) is 9.59 Å². The fourth-order valence-electron chi connectivity index (χ4n) is 3.26. The molecule has 0 saturated carbocycles. The van der Waals surface area contributed by atoms with E-state index < -0.39 is 5.91 Å². The van der Waals surface area contributed by atoms with Crippen LogP contribution in [-0.4, -0.2) is 35.6 Å². The Balaban J connectivity index is 1.81. The summed E-state index contributed by atoms with van der Waals surface area (Å²) in [6.45, 7) is 6.12. The standard InChI is InChI=1S/C20H25N3O4/c1-11(2)27-17-10-15-13(9-16(17)18(21)24)4-6-22-20(15)26-7-5-14-8-12(3)19(25)23-14/h4,6,9-12,14H,5,7-8H2,1-3H3,(H2,21,24)(H,23,25)/t12?,14-/m1/s1. The average molecular weight is 371 g/mol. The molecule has 1 aliphatic rings. The Morgan fingerprint density at radius 2 is 2.19 bits per heavy atom. The van der Waals surface area contributed by atoms with Crippen molar-refractivity contribution in [3.8, 4) is 11.6 Å². The molecule has 2 atom stereocenters. The van der Waals surface area contributed by atoms with Gasteiger partial charge in [0.2, 0.25) is 11.8 Å². The first-order valence-corrected chi connectivity index (χ1v) is 9.17. The number of benzene rings is 1. The van der Waals surface area contributed by atoms with Crippen LogP contribution in [0.15, 0.2) is 24.4 Å². The van der Waals surface area contributed by atoms with Crippen LogP contribution < -0.4 is 20.5 Å². The monoisotopic (exact) mass is 371 g/mol. The van der Waals surface area contributed by atoms with Gasteiger partial charge in [-0.25, -0.2) is 4.98 Å². The molecule has 2 aromatic rings. The fraction of sp³-hybridized carbons (Fsp3) is 0.450. The molecule has 1 unspecified atom stereocenters. The first-order valence-electron chi connectivity index (χ1n) is 9.17. The lowest BCUT2D eigenvalue weighted by molar-refractivity contribution is -0.122. The van der Waals surface area contributed by atoms with Crippen LogP contribution in [0.1, 0.15) is 44.0 Å². The Labute approximate surface area is 158 Å². The molecular weight excluding hydrogens is 346 g/mol. The normalized spacial score (nSPS) is 19.3. The summed E-state index contributed by atoms with van der Waals surface area (Å²) in [6.07, 6.45) is 3.06. The van der Waals surface area contributed by atoms with Crippen molar-refractivity contribution in [1.29, 1.82) is 0 Å². The van der Waals surface area contributed by atoms with Crippen molar-refractivity contribution in [2.24, 2.45) is 11.7 Å². The van der Waals surface area contributed by atoms with E-state index in [4.69, 9.17) is 15.2 Å². The van der Waals surface area contributed by atoms with E-state index in [1.165, 1.54) is 0 Å². The lowest BCUT2D eigenvalue weighted by atomic mass is 10.1. The van der Waals surface area contributed by atoms with E-state index in [0.717, 1.165) is 17.2 Å². The summed E-state index contributed by atoms with van der Waals surface area (Å²) in [5, 5.41) is 4.52. The van der Waals surface area contributed by atoms with Crippen molar-refractivity contribution in [3.05, 3.63) is 30.0 Å². The minimum atomic E-state index is -0.544. The molecule has 1 aromatic carbocycles. The maximum Gasteiger partial charge on any atom is 0.252 e. The van der Waals surface area contributed by atoms with Crippen molar-refractivity contribution in [2.75, 3.05) is 6.61 Å². The topological polar surface area (TPSA) is 104 Å². The third-order valence-electron chi connectivity index (χ3n) is 4.59. The smallest absolute Gasteiger partial charge is 0.252 e. The molecule has 0 spiro atoms. The number of hydrogen-bond acceptors (Lipinski definition) is 5. The first-order chi connectivity index (χ1) is 12.8. The number of nitrogens with two attached hydrogens (primary N) is 1. The van der Waals surface area contributed by atoms with Gasteiger partial charge in [0.25, 0.3) is 5.91 Å². The second kappa shape index (κ2) is 7.82. The number of nitrogens with zero attached hydrogens (tertiary/aromatic N) is 1. The largest absolute Gasteiger partial charge is 0.490 e. The van der Waals surface area contributed by atoms with Crippen LogP contribution in [0.2, 0.25) is 0 Å². The molecule has 2 amide bonds. The second-order valence-electron chi connectivity index (χ2n) is 7.20. The molecule has 0 radical (unpaired) electrons. The number of carbonyl (C=O) groups excluding carboxylic acids is 2. The molecule has 2 heterocycles. The quantitative estimate of drug-likeness (QED) is 0.778. The zero-order valence-electron chi connectivity index (χ0n) is 15.8. The van der Waals surface area contributed by atoms with E-state index in [2.05, 4.69) is 10.3 Å². The average Bonchev–Trinajstić information content (AvgIpc) is 2.92. The van der Waals surface area contributed by atoms with Crippen molar-refractivity contribution < 1.29 is 19.1 Å². The summed E-state index contributed by atoms with van der Waals surface area (Å²) in [6, 6.07) is 5.37. The van der Waals surface area contributed by atoms with E-state index in [0.29, 0.717) is 30.2 Å². The SMILES string of the molecule is CC(C)Oc1cc2c(OCC[C@@H]3CC(C)C(=O)N3)nccc2cc1C(N)=O. The molecule has 0 aliphatic carbocycles. The van der Waals surface area contributed by atoms with Gasteiger partial charge in [0.05, 0.1) is 18.3 Å². The zero-order valence-corrected chi connectivity index (χ0v) is 15.8. The molecule has 1 fully saturated rings. The van der Waals surface area contributed by atoms with Crippen molar-refractivity contribution >= 4 is 22.6 Å². The van der Waals surface area contributed by atoms with Gasteiger partial charge in [-0.1, -0.05) is 6.92 Å². The molecule has 27 heavy (non-hydrogen) atoms. The van der Waals surface area contributed by atoms with Crippen molar-refractivity contribution in [2.45, 2.75) is 45.8 Å². The van der Waals surface area contributed by atoms with Crippen LogP contribution in [0.4, 0.5) is 0 Å². The number of aromatic nitrogens is 1. The minimum Gasteiger partial charge on any atom is -0.490 e. The van der Waals surface area contributed by atoms with E-state index in [1.807, 2.05) is 20.8 Å². The van der Waals surface area contributed by atoms with Crippen molar-refractivity contribution in [1.82, 2.24) is 10.3 Å². The number of amides is 2. The summed E-state index contributed by atoms with van der Waals surface area (Å²) in [4.78, 5) is 27.7. The van der Waals surface area contributed by atoms with Gasteiger partial charge in [0.1, 0.15) is 5.75 Å². The van der Waals surface area contributed by atoms with Gasteiger partial charge in [-0.05, 0) is 43.9 Å². The van der Waals surface area contributed by atoms with Gasteiger partial charge in [0.15, 0.2) is 0 Å². The molecule has 3 N–H and O–H groups in total. The summed E-state index contributed by atoms with van der Waals surface area (Å²) in [5.41, 5.74) is 5.82. The lowest BCUT2D eigenvalue weighted by Crippen LogP contribution is -2.27. The number of fused-ring (bicyclic) bond motifs is 1. The molecule has 7 heteroatoms. The number of nitrogens with one attached hydrogen (secondary N) is 1. The summed E-state index contributed by atoms with van der Waals surface area (Å²) >= 11 is 0. The predicted molar refractivity (Wildman–Crippen MR) is 102 cm³/mol. The number of rotatable bonds is 7. The number of ether oxygens (including phenoxy) is 2. The van der Waals surface area contributed by atoms with Gasteiger partial charge in [-0.2, -0.15) is 0 Å². The Bertz CT molecular complexity index is 866. The highest BCUT2D eigenvalue weighted by molar-refractivity contribution is 6.01. The second-order valence-corrected chi connectivity index (χ2v) is 7.20. The van der Waals surface area contributed by atoms with Crippen LogP contribution in [0.25, 0.3) is 10.8 Å². The van der Waals surface area contributed by atoms with Gasteiger partial charge in [-0.3, -0.25) is 9.59 Å². The third-order valence-corrected chi connectivity index (χ3v) is 4.59.